The Morgan fingerprint density at radius 1 is 1.11 bits per heavy atom. The van der Waals surface area contributed by atoms with Crippen molar-refractivity contribution in [3.63, 3.8) is 0 Å². The molecule has 2 aromatic carbocycles. The topological polar surface area (TPSA) is 90.1 Å². The fourth-order valence-corrected chi connectivity index (χ4v) is 3.11. The number of carbonyl (C=O) groups is 1. The van der Waals surface area contributed by atoms with Crippen molar-refractivity contribution in [3.05, 3.63) is 91.7 Å². The summed E-state index contributed by atoms with van der Waals surface area (Å²) in [5.41, 5.74) is 3.82. The number of nitrogens with zero attached hydrogens (tertiary/aromatic N) is 3. The summed E-state index contributed by atoms with van der Waals surface area (Å²) >= 11 is 6.41. The monoisotopic (exact) mass is 398 g/mol. The van der Waals surface area contributed by atoms with E-state index in [1.54, 1.807) is 23.7 Å². The van der Waals surface area contributed by atoms with Gasteiger partial charge >= 0.3 is 0 Å². The van der Waals surface area contributed by atoms with Crippen LogP contribution in [0.15, 0.2) is 48.5 Å². The van der Waals surface area contributed by atoms with Crippen LogP contribution in [0.3, 0.4) is 0 Å². The Morgan fingerprint density at radius 2 is 1.71 bits per heavy atom. The largest absolute Gasteiger partial charge is 0.348 e. The van der Waals surface area contributed by atoms with Crippen LogP contribution in [0.2, 0.25) is 5.15 Å². The summed E-state index contributed by atoms with van der Waals surface area (Å²) in [6.07, 6.45) is 0. The minimum absolute atomic E-state index is 0.00588. The normalized spacial score (nSPS) is 10.7. The molecule has 1 amide bonds. The molecule has 28 heavy (non-hydrogen) atoms. The zero-order chi connectivity index (χ0) is 20.3. The van der Waals surface area contributed by atoms with Gasteiger partial charge in [-0.2, -0.15) is 5.10 Å². The minimum atomic E-state index is -0.464. The number of carbonyl (C=O) groups excluding carboxylic acids is 1. The third-order valence-electron chi connectivity index (χ3n) is 4.35. The van der Waals surface area contributed by atoms with Gasteiger partial charge in [0.25, 0.3) is 11.6 Å². The van der Waals surface area contributed by atoms with E-state index < -0.39 is 4.92 Å². The first-order valence-corrected chi connectivity index (χ1v) is 9.03. The second-order valence-electron chi connectivity index (χ2n) is 6.50. The van der Waals surface area contributed by atoms with Gasteiger partial charge in [-0.25, -0.2) is 4.68 Å². The average Bonchev–Trinajstić information content (AvgIpc) is 2.95. The Morgan fingerprint density at radius 3 is 2.32 bits per heavy atom. The molecular weight excluding hydrogens is 380 g/mol. The zero-order valence-corrected chi connectivity index (χ0v) is 16.2. The van der Waals surface area contributed by atoms with Gasteiger partial charge in [0.1, 0.15) is 5.15 Å². The zero-order valence-electron chi connectivity index (χ0n) is 15.5. The molecule has 0 aliphatic rings. The summed E-state index contributed by atoms with van der Waals surface area (Å²) in [5, 5.41) is 18.1. The van der Waals surface area contributed by atoms with Gasteiger partial charge in [0.05, 0.1) is 22.7 Å². The van der Waals surface area contributed by atoms with Crippen molar-refractivity contribution in [1.29, 1.82) is 0 Å². The van der Waals surface area contributed by atoms with Crippen molar-refractivity contribution in [3.8, 4) is 0 Å². The lowest BCUT2D eigenvalue weighted by atomic mass is 10.1. The Hall–Kier alpha value is -3.19. The number of benzene rings is 2. The Bertz CT molecular complexity index is 1010. The number of non-ortho nitro benzene ring substituents is 1. The highest BCUT2D eigenvalue weighted by molar-refractivity contribution is 6.33. The molecule has 3 rings (SSSR count). The molecular formula is C20H19ClN4O3. The van der Waals surface area contributed by atoms with E-state index in [0.29, 0.717) is 17.8 Å². The van der Waals surface area contributed by atoms with Crippen molar-refractivity contribution in [2.75, 3.05) is 0 Å². The highest BCUT2D eigenvalue weighted by Crippen LogP contribution is 2.21. The van der Waals surface area contributed by atoms with Crippen LogP contribution in [-0.4, -0.2) is 20.6 Å². The molecule has 0 spiro atoms. The van der Waals surface area contributed by atoms with Gasteiger partial charge in [-0.1, -0.05) is 53.6 Å². The molecule has 0 aliphatic heterocycles. The first-order chi connectivity index (χ1) is 13.3. The van der Waals surface area contributed by atoms with E-state index in [4.69, 9.17) is 11.6 Å². The van der Waals surface area contributed by atoms with E-state index in [1.165, 1.54) is 12.1 Å². The number of nitro groups is 1. The van der Waals surface area contributed by atoms with E-state index >= 15 is 0 Å². The van der Waals surface area contributed by atoms with Gasteiger partial charge in [0.15, 0.2) is 0 Å². The minimum Gasteiger partial charge on any atom is -0.348 e. The van der Waals surface area contributed by atoms with Crippen LogP contribution in [0, 0.1) is 24.0 Å². The Labute approximate surface area is 167 Å². The van der Waals surface area contributed by atoms with E-state index in [2.05, 4.69) is 10.4 Å². The van der Waals surface area contributed by atoms with Crippen LogP contribution in [0.5, 0.6) is 0 Å². The summed E-state index contributed by atoms with van der Waals surface area (Å²) in [6.45, 7) is 4.45. The molecule has 7 nitrogen and oxygen atoms in total. The highest BCUT2D eigenvalue weighted by atomic mass is 35.5. The fourth-order valence-electron chi connectivity index (χ4n) is 2.79. The molecule has 1 N–H and O–H groups in total. The summed E-state index contributed by atoms with van der Waals surface area (Å²) in [5.74, 6) is -0.337. The number of nitrogens with one attached hydrogen (secondary N) is 1. The molecule has 0 unspecified atom stereocenters. The molecule has 0 radical (unpaired) electrons. The van der Waals surface area contributed by atoms with Crippen LogP contribution in [-0.2, 0) is 13.1 Å². The predicted molar refractivity (Wildman–Crippen MR) is 107 cm³/mol. The molecule has 144 valence electrons. The summed E-state index contributed by atoms with van der Waals surface area (Å²) < 4.78 is 1.60. The van der Waals surface area contributed by atoms with Gasteiger partial charge < -0.3 is 5.32 Å². The van der Waals surface area contributed by atoms with Crippen LogP contribution in [0.25, 0.3) is 0 Å². The first-order valence-electron chi connectivity index (χ1n) is 8.65. The van der Waals surface area contributed by atoms with Gasteiger partial charge in [0.2, 0.25) is 0 Å². The van der Waals surface area contributed by atoms with Crippen LogP contribution < -0.4 is 5.32 Å². The number of rotatable bonds is 6. The molecule has 0 atom stereocenters. The molecule has 0 fully saturated rings. The van der Waals surface area contributed by atoms with Crippen LogP contribution in [0.1, 0.15) is 32.7 Å². The van der Waals surface area contributed by atoms with Crippen molar-refractivity contribution in [1.82, 2.24) is 15.1 Å². The van der Waals surface area contributed by atoms with E-state index in [0.717, 1.165) is 16.7 Å². The maximum atomic E-state index is 12.6. The van der Waals surface area contributed by atoms with Gasteiger partial charge in [-0.05, 0) is 25.0 Å². The Balaban J connectivity index is 1.70. The second kappa shape index (κ2) is 8.22. The summed E-state index contributed by atoms with van der Waals surface area (Å²) in [7, 11) is 0. The van der Waals surface area contributed by atoms with Gasteiger partial charge in [0, 0.05) is 18.7 Å². The standard InChI is InChI=1S/C20H19ClN4O3/c1-13-3-5-16(6-4-13)12-24-19(21)18(14(2)23-24)20(26)22-11-15-7-9-17(10-8-15)25(27)28/h3-10H,11-12H2,1-2H3,(H,22,26). The maximum absolute atomic E-state index is 12.6. The molecule has 1 heterocycles. The average molecular weight is 399 g/mol. The van der Waals surface area contributed by atoms with E-state index in [9.17, 15) is 14.9 Å². The maximum Gasteiger partial charge on any atom is 0.269 e. The quantitative estimate of drug-likeness (QED) is 0.501. The van der Waals surface area contributed by atoms with E-state index in [-0.39, 0.29) is 23.3 Å². The molecule has 8 heteroatoms. The lowest BCUT2D eigenvalue weighted by Crippen LogP contribution is -2.23. The van der Waals surface area contributed by atoms with Crippen LogP contribution in [0.4, 0.5) is 5.69 Å². The molecule has 0 bridgehead atoms. The van der Waals surface area contributed by atoms with Gasteiger partial charge in [-0.3, -0.25) is 14.9 Å². The lowest BCUT2D eigenvalue weighted by molar-refractivity contribution is -0.384. The SMILES string of the molecule is Cc1ccc(Cn2nc(C)c(C(=O)NCc3ccc([N+](=O)[O-])cc3)c2Cl)cc1. The number of halogens is 1. The smallest absolute Gasteiger partial charge is 0.269 e. The van der Waals surface area contributed by atoms with Crippen molar-refractivity contribution < 1.29 is 9.72 Å². The van der Waals surface area contributed by atoms with Crippen molar-refractivity contribution in [2.45, 2.75) is 26.9 Å². The third kappa shape index (κ3) is 4.37. The summed E-state index contributed by atoms with van der Waals surface area (Å²) in [4.78, 5) is 22.8. The highest BCUT2D eigenvalue weighted by Gasteiger charge is 2.20. The molecule has 3 aromatic rings. The number of aromatic nitrogens is 2. The number of amides is 1. The van der Waals surface area contributed by atoms with Gasteiger partial charge in [-0.15, -0.1) is 0 Å². The first kappa shape index (κ1) is 19.6. The van der Waals surface area contributed by atoms with Crippen LogP contribution >= 0.6 is 11.6 Å². The third-order valence-corrected chi connectivity index (χ3v) is 4.73. The lowest BCUT2D eigenvalue weighted by Gasteiger charge is -2.06. The van der Waals surface area contributed by atoms with Crippen molar-refractivity contribution >= 4 is 23.2 Å². The summed E-state index contributed by atoms with van der Waals surface area (Å²) in [6, 6.07) is 14.0. The second-order valence-corrected chi connectivity index (χ2v) is 6.86. The van der Waals surface area contributed by atoms with Crippen molar-refractivity contribution in [2.24, 2.45) is 0 Å². The molecule has 0 saturated heterocycles. The number of hydrogen-bond acceptors (Lipinski definition) is 4. The van der Waals surface area contributed by atoms with E-state index in [1.807, 2.05) is 31.2 Å². The number of nitro benzene ring substituents is 1. The number of hydrogen-bond donors (Lipinski definition) is 1. The molecule has 0 saturated carbocycles. The molecule has 1 aromatic heterocycles. The predicted octanol–water partition coefficient (Wildman–Crippen LogP) is 4.04. The Kier molecular flexibility index (Phi) is 5.75. The number of aryl methyl sites for hydroxylation is 2. The molecule has 0 aliphatic carbocycles. The fraction of sp³-hybridized carbons (Fsp3) is 0.200.